The van der Waals surface area contributed by atoms with E-state index < -0.39 is 16.9 Å². The lowest BCUT2D eigenvalue weighted by molar-refractivity contribution is -0.385. The average Bonchev–Trinajstić information content (AvgIpc) is 2.90. The van der Waals surface area contributed by atoms with Crippen LogP contribution in [0.1, 0.15) is 47.0 Å². The molecule has 0 fully saturated rings. The van der Waals surface area contributed by atoms with Gasteiger partial charge in [-0.15, -0.1) is 0 Å². The summed E-state index contributed by atoms with van der Waals surface area (Å²) in [5.74, 6) is 0.216. The quantitative estimate of drug-likeness (QED) is 0.671. The minimum Gasteiger partial charge on any atom is -0.342 e. The zero-order valence-electron chi connectivity index (χ0n) is 12.5. The summed E-state index contributed by atoms with van der Waals surface area (Å²) in [7, 11) is 0. The molecule has 1 atom stereocenters. The molecule has 8 heteroatoms. The topological polar surface area (TPSA) is 111 Å². The van der Waals surface area contributed by atoms with Crippen LogP contribution in [0.5, 0.6) is 0 Å². The highest BCUT2D eigenvalue weighted by Gasteiger charge is 2.25. The Bertz CT molecular complexity index is 711. The molecule has 0 bridgehead atoms. The van der Waals surface area contributed by atoms with Crippen LogP contribution in [-0.4, -0.2) is 21.0 Å². The van der Waals surface area contributed by atoms with Crippen LogP contribution in [0.3, 0.4) is 0 Å². The van der Waals surface area contributed by atoms with E-state index in [0.717, 1.165) is 0 Å². The van der Waals surface area contributed by atoms with Crippen molar-refractivity contribution in [1.82, 2.24) is 15.5 Å². The minimum atomic E-state index is -0.568. The van der Waals surface area contributed by atoms with E-state index in [1.165, 1.54) is 6.07 Å². The SMILES string of the molecule is CC[C@H](NC(=O)c1c(C)cccc1[N+](=O)[O-])c1noc(C)n1. The number of aryl methyl sites for hydroxylation is 2. The number of nitrogens with zero attached hydrogens (tertiary/aromatic N) is 3. The van der Waals surface area contributed by atoms with Crippen molar-refractivity contribution in [3.05, 3.63) is 51.2 Å². The smallest absolute Gasteiger partial charge is 0.282 e. The number of carbonyl (C=O) groups is 1. The highest BCUT2D eigenvalue weighted by Crippen LogP contribution is 2.23. The maximum absolute atomic E-state index is 12.4. The molecule has 1 aromatic carbocycles. The molecule has 0 saturated heterocycles. The second-order valence-corrected chi connectivity index (χ2v) is 4.83. The maximum Gasteiger partial charge on any atom is 0.282 e. The van der Waals surface area contributed by atoms with Crippen molar-refractivity contribution >= 4 is 11.6 Å². The van der Waals surface area contributed by atoms with Crippen LogP contribution < -0.4 is 5.32 Å². The molecule has 0 aliphatic rings. The van der Waals surface area contributed by atoms with Gasteiger partial charge in [0.05, 0.1) is 11.0 Å². The molecule has 1 amide bonds. The summed E-state index contributed by atoms with van der Waals surface area (Å²) in [6.45, 7) is 5.15. The summed E-state index contributed by atoms with van der Waals surface area (Å²) in [5, 5.41) is 17.6. The molecule has 0 radical (unpaired) electrons. The molecule has 22 heavy (non-hydrogen) atoms. The van der Waals surface area contributed by atoms with Crippen molar-refractivity contribution in [1.29, 1.82) is 0 Å². The Kier molecular flexibility index (Phi) is 4.50. The zero-order chi connectivity index (χ0) is 16.3. The van der Waals surface area contributed by atoms with E-state index in [4.69, 9.17) is 4.52 Å². The van der Waals surface area contributed by atoms with Gasteiger partial charge in [0.25, 0.3) is 11.6 Å². The number of hydrogen-bond donors (Lipinski definition) is 1. The van der Waals surface area contributed by atoms with Crippen molar-refractivity contribution in [2.75, 3.05) is 0 Å². The van der Waals surface area contributed by atoms with E-state index in [1.807, 2.05) is 6.92 Å². The van der Waals surface area contributed by atoms with E-state index in [1.54, 1.807) is 26.0 Å². The zero-order valence-corrected chi connectivity index (χ0v) is 12.5. The molecule has 0 aliphatic carbocycles. The van der Waals surface area contributed by atoms with Gasteiger partial charge < -0.3 is 9.84 Å². The minimum absolute atomic E-state index is 0.0474. The standard InChI is InChI=1S/C14H16N4O4/c1-4-10(13-15-9(3)22-17-13)16-14(19)12-8(2)6-5-7-11(12)18(20)21/h5-7,10H,4H2,1-3H3,(H,16,19)/t10-/m0/s1. The lowest BCUT2D eigenvalue weighted by atomic mass is 10.0. The summed E-state index contributed by atoms with van der Waals surface area (Å²) in [5.41, 5.74) is 0.355. The van der Waals surface area contributed by atoms with Gasteiger partial charge in [-0.2, -0.15) is 4.98 Å². The van der Waals surface area contributed by atoms with Gasteiger partial charge >= 0.3 is 0 Å². The van der Waals surface area contributed by atoms with Gasteiger partial charge in [-0.25, -0.2) is 0 Å². The molecule has 1 aromatic heterocycles. The first-order valence-electron chi connectivity index (χ1n) is 6.79. The number of nitrogens with one attached hydrogen (secondary N) is 1. The molecule has 0 saturated carbocycles. The Labute approximate surface area is 126 Å². The number of carbonyl (C=O) groups excluding carboxylic acids is 1. The molecular weight excluding hydrogens is 288 g/mol. The van der Waals surface area contributed by atoms with Crippen molar-refractivity contribution in [3.8, 4) is 0 Å². The summed E-state index contributed by atoms with van der Waals surface area (Å²) in [6, 6.07) is 4.04. The molecule has 116 valence electrons. The third kappa shape index (κ3) is 3.11. The Morgan fingerprint density at radius 2 is 2.18 bits per heavy atom. The fourth-order valence-corrected chi connectivity index (χ4v) is 2.14. The van der Waals surface area contributed by atoms with E-state index in [9.17, 15) is 14.9 Å². The number of hydrogen-bond acceptors (Lipinski definition) is 6. The van der Waals surface area contributed by atoms with Crippen LogP contribution in [0.15, 0.2) is 22.7 Å². The van der Waals surface area contributed by atoms with Gasteiger partial charge in [-0.05, 0) is 18.9 Å². The van der Waals surface area contributed by atoms with Crippen molar-refractivity contribution in [2.24, 2.45) is 0 Å². The van der Waals surface area contributed by atoms with Crippen LogP contribution in [-0.2, 0) is 0 Å². The second-order valence-electron chi connectivity index (χ2n) is 4.83. The Hall–Kier alpha value is -2.77. The Morgan fingerprint density at radius 1 is 1.45 bits per heavy atom. The monoisotopic (exact) mass is 304 g/mol. The number of amides is 1. The van der Waals surface area contributed by atoms with E-state index in [-0.39, 0.29) is 11.3 Å². The van der Waals surface area contributed by atoms with Crippen molar-refractivity contribution < 1.29 is 14.2 Å². The number of rotatable bonds is 5. The number of benzene rings is 1. The molecule has 0 aliphatic heterocycles. The average molecular weight is 304 g/mol. The normalized spacial score (nSPS) is 12.0. The third-order valence-electron chi connectivity index (χ3n) is 3.24. The first-order valence-corrected chi connectivity index (χ1v) is 6.79. The van der Waals surface area contributed by atoms with Crippen molar-refractivity contribution in [2.45, 2.75) is 33.2 Å². The number of nitro benzene ring substituents is 1. The summed E-state index contributed by atoms with van der Waals surface area (Å²) >= 11 is 0. The fraction of sp³-hybridized carbons (Fsp3) is 0.357. The second kappa shape index (κ2) is 6.33. The van der Waals surface area contributed by atoms with Crippen LogP contribution in [0.2, 0.25) is 0 Å². The molecule has 2 aromatic rings. The molecule has 0 spiro atoms. The molecular formula is C14H16N4O4. The summed E-state index contributed by atoms with van der Waals surface area (Å²) in [4.78, 5) is 27.0. The maximum atomic E-state index is 12.4. The highest BCUT2D eigenvalue weighted by molar-refractivity contribution is 5.99. The first-order chi connectivity index (χ1) is 10.4. The lowest BCUT2D eigenvalue weighted by Crippen LogP contribution is -2.30. The molecule has 0 unspecified atom stereocenters. The summed E-state index contributed by atoms with van der Waals surface area (Å²) < 4.78 is 4.90. The van der Waals surface area contributed by atoms with Gasteiger partial charge in [0.15, 0.2) is 5.82 Å². The van der Waals surface area contributed by atoms with Gasteiger partial charge in [0.1, 0.15) is 5.56 Å². The molecule has 1 heterocycles. The van der Waals surface area contributed by atoms with Crippen LogP contribution in [0.4, 0.5) is 5.69 Å². The van der Waals surface area contributed by atoms with Gasteiger partial charge in [-0.3, -0.25) is 14.9 Å². The highest BCUT2D eigenvalue weighted by atomic mass is 16.6. The first kappa shape index (κ1) is 15.6. The summed E-state index contributed by atoms with van der Waals surface area (Å²) in [6.07, 6.45) is 0.532. The predicted octanol–water partition coefficient (Wildman–Crippen LogP) is 2.48. The molecule has 2 rings (SSSR count). The largest absolute Gasteiger partial charge is 0.342 e. The molecule has 1 N–H and O–H groups in total. The van der Waals surface area contributed by atoms with Crippen molar-refractivity contribution in [3.63, 3.8) is 0 Å². The lowest BCUT2D eigenvalue weighted by Gasteiger charge is -2.14. The van der Waals surface area contributed by atoms with Crippen LogP contribution in [0, 0.1) is 24.0 Å². The van der Waals surface area contributed by atoms with Gasteiger partial charge in [-0.1, -0.05) is 24.2 Å². The number of aromatic nitrogens is 2. The van der Waals surface area contributed by atoms with E-state index >= 15 is 0 Å². The van der Waals surface area contributed by atoms with Gasteiger partial charge in [0, 0.05) is 13.0 Å². The van der Waals surface area contributed by atoms with Crippen LogP contribution in [0.25, 0.3) is 0 Å². The Morgan fingerprint density at radius 3 is 2.73 bits per heavy atom. The van der Waals surface area contributed by atoms with Gasteiger partial charge in [0.2, 0.25) is 5.89 Å². The number of nitro groups is 1. The third-order valence-corrected chi connectivity index (χ3v) is 3.24. The predicted molar refractivity (Wildman–Crippen MR) is 77.4 cm³/mol. The fourth-order valence-electron chi connectivity index (χ4n) is 2.14. The van der Waals surface area contributed by atoms with E-state index in [2.05, 4.69) is 15.5 Å². The molecule has 8 nitrogen and oxygen atoms in total. The van der Waals surface area contributed by atoms with E-state index in [0.29, 0.717) is 23.7 Å². The Balaban J connectivity index is 2.30. The van der Waals surface area contributed by atoms with Crippen LogP contribution >= 0.6 is 0 Å².